The number of phenols is 2. The highest BCUT2D eigenvalue weighted by Crippen LogP contribution is 2.40. The van der Waals surface area contributed by atoms with Crippen molar-refractivity contribution in [2.24, 2.45) is 0 Å². The summed E-state index contributed by atoms with van der Waals surface area (Å²) in [5.41, 5.74) is -1.39. The summed E-state index contributed by atoms with van der Waals surface area (Å²) in [6.45, 7) is -2.14. The number of ether oxygens (including phenoxy) is 7. The van der Waals surface area contributed by atoms with E-state index in [1.807, 2.05) is 0 Å². The molecule has 1 aromatic heterocycles. The van der Waals surface area contributed by atoms with Crippen LogP contribution in [0.5, 0.6) is 28.7 Å². The van der Waals surface area contributed by atoms with E-state index in [2.05, 4.69) is 0 Å². The van der Waals surface area contributed by atoms with Gasteiger partial charge in [0.05, 0.1) is 26.9 Å². The molecule has 54 heavy (non-hydrogen) atoms. The number of aliphatic hydroxyl groups is 10. The van der Waals surface area contributed by atoms with Crippen LogP contribution in [0.3, 0.4) is 0 Å². The molecule has 0 saturated carbocycles. The fraction of sp³-hybridized carbons (Fsp3) is 0.545. The Kier molecular flexibility index (Phi) is 11.8. The second-order valence-corrected chi connectivity index (χ2v) is 12.8. The number of fused-ring (bicyclic) bond motifs is 1. The molecule has 21 heteroatoms. The number of benzene rings is 2. The lowest BCUT2D eigenvalue weighted by Gasteiger charge is -2.44. The number of hydrogen-bond acceptors (Lipinski definition) is 21. The molecule has 2 aromatic carbocycles. The summed E-state index contributed by atoms with van der Waals surface area (Å²) >= 11 is 0. The van der Waals surface area contributed by atoms with Crippen LogP contribution >= 0.6 is 0 Å². The van der Waals surface area contributed by atoms with Gasteiger partial charge < -0.3 is 98.9 Å². The summed E-state index contributed by atoms with van der Waals surface area (Å²) < 4.78 is 44.8. The van der Waals surface area contributed by atoms with E-state index in [0.717, 1.165) is 12.1 Å². The van der Waals surface area contributed by atoms with Crippen molar-refractivity contribution in [2.45, 2.75) is 86.0 Å². The Labute approximate surface area is 303 Å². The minimum Gasteiger partial charge on any atom is -0.507 e. The van der Waals surface area contributed by atoms with Gasteiger partial charge in [-0.1, -0.05) is 0 Å². The highest BCUT2D eigenvalue weighted by molar-refractivity contribution is 5.88. The van der Waals surface area contributed by atoms with Gasteiger partial charge in [0.1, 0.15) is 83.5 Å². The van der Waals surface area contributed by atoms with E-state index in [-0.39, 0.29) is 28.4 Å². The van der Waals surface area contributed by atoms with Crippen molar-refractivity contribution in [3.8, 4) is 40.1 Å². The molecule has 0 radical (unpaired) electrons. The lowest BCUT2D eigenvalue weighted by molar-refractivity contribution is -0.348. The first-order valence-corrected chi connectivity index (χ1v) is 16.5. The van der Waals surface area contributed by atoms with E-state index < -0.39 is 134 Å². The van der Waals surface area contributed by atoms with Crippen LogP contribution < -0.4 is 19.6 Å². The molecule has 12 N–H and O–H groups in total. The van der Waals surface area contributed by atoms with Crippen LogP contribution in [0, 0.1) is 0 Å². The molecule has 0 bridgehead atoms. The summed E-state index contributed by atoms with van der Waals surface area (Å²) in [4.78, 5) is 14.2. The van der Waals surface area contributed by atoms with Crippen molar-refractivity contribution in [1.29, 1.82) is 0 Å². The lowest BCUT2D eigenvalue weighted by Crippen LogP contribution is -2.63. The monoisotopic (exact) mass is 772 g/mol. The molecule has 3 aliphatic heterocycles. The third-order valence-electron chi connectivity index (χ3n) is 9.25. The third kappa shape index (κ3) is 7.39. The largest absolute Gasteiger partial charge is 0.507 e. The first-order chi connectivity index (χ1) is 25.7. The second kappa shape index (κ2) is 16.1. The van der Waals surface area contributed by atoms with Gasteiger partial charge in [-0.2, -0.15) is 0 Å². The quantitative estimate of drug-likeness (QED) is 0.0927. The summed E-state index contributed by atoms with van der Waals surface area (Å²) in [5, 5.41) is 123. The second-order valence-electron chi connectivity index (χ2n) is 12.8. The van der Waals surface area contributed by atoms with E-state index in [1.165, 1.54) is 25.3 Å². The summed E-state index contributed by atoms with van der Waals surface area (Å²) in [6, 6.07) is 5.77. The average molecular weight is 773 g/mol. The first-order valence-electron chi connectivity index (χ1n) is 16.5. The topological polar surface area (TPSA) is 338 Å². The van der Waals surface area contributed by atoms with Gasteiger partial charge in [0.2, 0.25) is 23.8 Å². The molecule has 21 nitrogen and oxygen atoms in total. The molecule has 3 aliphatic rings. The van der Waals surface area contributed by atoms with Crippen molar-refractivity contribution >= 4 is 11.0 Å². The summed E-state index contributed by atoms with van der Waals surface area (Å²) in [5.74, 6) is -2.53. The molecule has 3 fully saturated rings. The number of rotatable bonds is 10. The Morgan fingerprint density at radius 1 is 0.722 bits per heavy atom. The molecule has 0 amide bonds. The van der Waals surface area contributed by atoms with Crippen molar-refractivity contribution in [1.82, 2.24) is 0 Å². The molecule has 3 aromatic rings. The molecule has 0 unspecified atom stereocenters. The average Bonchev–Trinajstić information content (AvgIpc) is 3.15. The van der Waals surface area contributed by atoms with Gasteiger partial charge in [-0.3, -0.25) is 4.79 Å². The zero-order valence-corrected chi connectivity index (χ0v) is 28.1. The number of aliphatic hydroxyl groups excluding tert-OH is 10. The Morgan fingerprint density at radius 3 is 1.98 bits per heavy atom. The van der Waals surface area contributed by atoms with Gasteiger partial charge in [-0.15, -0.1) is 0 Å². The number of phenolic OH excluding ortho intramolecular Hbond substituents is 2. The normalized spacial score (nSPS) is 35.8. The Bertz CT molecular complexity index is 1830. The zero-order valence-electron chi connectivity index (χ0n) is 28.1. The molecule has 0 spiro atoms. The first kappa shape index (κ1) is 39.8. The van der Waals surface area contributed by atoms with Gasteiger partial charge in [0.15, 0.2) is 29.7 Å². The molecule has 14 atom stereocenters. The third-order valence-corrected chi connectivity index (χ3v) is 9.25. The molecule has 298 valence electrons. The van der Waals surface area contributed by atoms with Gasteiger partial charge >= 0.3 is 0 Å². The minimum atomic E-state index is -1.95. The van der Waals surface area contributed by atoms with Crippen LogP contribution in [0.1, 0.15) is 0 Å². The maximum Gasteiger partial charge on any atom is 0.239 e. The molecular weight excluding hydrogens is 732 g/mol. The Morgan fingerprint density at radius 2 is 1.35 bits per heavy atom. The van der Waals surface area contributed by atoms with Crippen molar-refractivity contribution in [3.05, 3.63) is 40.6 Å². The van der Waals surface area contributed by atoms with Crippen molar-refractivity contribution < 1.29 is 98.9 Å². The van der Waals surface area contributed by atoms with E-state index in [1.54, 1.807) is 0 Å². The highest BCUT2D eigenvalue weighted by atomic mass is 16.8. The highest BCUT2D eigenvalue weighted by Gasteiger charge is 2.50. The predicted molar refractivity (Wildman–Crippen MR) is 173 cm³/mol. The van der Waals surface area contributed by atoms with Gasteiger partial charge in [0.25, 0.3) is 0 Å². The Hall–Kier alpha value is -3.91. The lowest BCUT2D eigenvalue weighted by atomic mass is 9.99. The van der Waals surface area contributed by atoms with Crippen LogP contribution in [-0.2, 0) is 18.9 Å². The van der Waals surface area contributed by atoms with Crippen LogP contribution in [0.4, 0.5) is 0 Å². The molecule has 3 saturated heterocycles. The predicted octanol–water partition coefficient (Wildman–Crippen LogP) is -4.30. The van der Waals surface area contributed by atoms with Crippen molar-refractivity contribution in [2.75, 3.05) is 26.9 Å². The van der Waals surface area contributed by atoms with Crippen LogP contribution in [-0.4, -0.2) is 174 Å². The van der Waals surface area contributed by atoms with Crippen molar-refractivity contribution in [3.63, 3.8) is 0 Å². The van der Waals surface area contributed by atoms with E-state index in [9.17, 15) is 66.1 Å². The molecule has 0 aliphatic carbocycles. The molecule has 4 heterocycles. The summed E-state index contributed by atoms with van der Waals surface area (Å²) in [7, 11) is 1.25. The zero-order chi connectivity index (χ0) is 39.2. The fourth-order valence-electron chi connectivity index (χ4n) is 6.20. The van der Waals surface area contributed by atoms with E-state index in [4.69, 9.17) is 37.6 Å². The smallest absolute Gasteiger partial charge is 0.239 e. The number of hydrogen-bond donors (Lipinski definition) is 12. The van der Waals surface area contributed by atoms with E-state index in [0.29, 0.717) is 0 Å². The maximum atomic E-state index is 14.2. The van der Waals surface area contributed by atoms with Gasteiger partial charge in [-0.05, 0) is 18.2 Å². The molecular formula is C33H40O21. The molecule has 6 rings (SSSR count). The SMILES string of the molecule is COc1cc(-c2oc3cc(O[C@@H]4O[C@H](CO)[C@@H](O)[C@H](O)[C@H]4O)cc(O)c3c(=O)c2O[C@@H]2OC[C@H](O)[C@H](O)[C@H]2O[C@@H]2O[C@H](CO)[C@@H](O)[C@H](O)[C@H]2O)ccc1O. The Balaban J connectivity index is 1.41. The van der Waals surface area contributed by atoms with Crippen LogP contribution in [0.25, 0.3) is 22.3 Å². The van der Waals surface area contributed by atoms with Gasteiger partial charge in [0, 0.05) is 17.7 Å². The standard InChI is InChI=1S/C33H40O21/c1-47-15-4-10(2-3-12(15)36)28-29(53-33-30(20(39)14(38)9-48-33)54-32-27(46)25(44)22(41)18(8-35)52-32)23(42)19-13(37)5-11(6-16(19)50-28)49-31-26(45)24(43)21(40)17(7-34)51-31/h2-6,14,17-18,20-22,24-27,30-41,43-46H,7-9H2,1H3/t14-,17+,18+,20-,21+,22+,24-,25-,26+,27+,30+,31+,32-,33-/m0/s1. The van der Waals surface area contributed by atoms with Crippen LogP contribution in [0.2, 0.25) is 0 Å². The number of aromatic hydroxyl groups is 2. The maximum absolute atomic E-state index is 14.2. The summed E-state index contributed by atoms with van der Waals surface area (Å²) in [6.07, 6.45) is -24.3. The number of methoxy groups -OCH3 is 1. The fourth-order valence-corrected chi connectivity index (χ4v) is 6.20. The van der Waals surface area contributed by atoms with E-state index >= 15 is 0 Å². The minimum absolute atomic E-state index is 0.0289. The van der Waals surface area contributed by atoms with Gasteiger partial charge in [-0.25, -0.2) is 0 Å². The van der Waals surface area contributed by atoms with Crippen LogP contribution in [0.15, 0.2) is 39.5 Å².